The second kappa shape index (κ2) is 13.2. The molecule has 6 nitrogen and oxygen atoms in total. The summed E-state index contributed by atoms with van der Waals surface area (Å²) in [4.78, 5) is 30.1. The second-order valence-electron chi connectivity index (χ2n) is 8.98. The van der Waals surface area contributed by atoms with Gasteiger partial charge in [-0.15, -0.1) is 11.3 Å². The first kappa shape index (κ1) is 27.4. The van der Waals surface area contributed by atoms with Crippen LogP contribution in [0, 0.1) is 0 Å². The van der Waals surface area contributed by atoms with Gasteiger partial charge in [0.05, 0.1) is 18.7 Å². The van der Waals surface area contributed by atoms with Gasteiger partial charge in [-0.1, -0.05) is 61.3 Å². The Balaban J connectivity index is 1.57. The zero-order valence-electron chi connectivity index (χ0n) is 21.2. The van der Waals surface area contributed by atoms with Crippen molar-refractivity contribution in [3.05, 3.63) is 99.9 Å². The summed E-state index contributed by atoms with van der Waals surface area (Å²) in [6.07, 6.45) is 3.27. The molecule has 1 aromatic heterocycles. The van der Waals surface area contributed by atoms with Crippen LogP contribution in [0.3, 0.4) is 0 Å². The molecule has 38 heavy (non-hydrogen) atoms. The molecule has 8 heteroatoms. The zero-order valence-corrected chi connectivity index (χ0v) is 22.8. The highest BCUT2D eigenvalue weighted by Gasteiger charge is 2.16. The predicted molar refractivity (Wildman–Crippen MR) is 154 cm³/mol. The zero-order chi connectivity index (χ0) is 26.9. The standard InChI is InChI=1S/C30H30ClN3O3S/c1-2-3-5-21-10-14-26(15-11-21)34(30-33-27(20-38-30)24-6-4-7-25(31)18-24)19-22-8-12-23(13-9-22)29(37)32-17-16-28(35)36/h4,6-15,18,20H,2-3,5,16-17,19H2,1H3,(H,32,37)(H,35,36). The Morgan fingerprint density at radius 1 is 1.03 bits per heavy atom. The molecular formula is C30H30ClN3O3S. The van der Waals surface area contributed by atoms with Crippen molar-refractivity contribution in [2.45, 2.75) is 39.2 Å². The third-order valence-corrected chi connectivity index (χ3v) is 7.19. The number of rotatable bonds is 12. The SMILES string of the molecule is CCCCc1ccc(N(Cc2ccc(C(=O)NCCC(=O)O)cc2)c2nc(-c3cccc(Cl)c3)cs2)cc1. The van der Waals surface area contributed by atoms with E-state index in [0.29, 0.717) is 17.1 Å². The van der Waals surface area contributed by atoms with Crippen molar-refractivity contribution in [3.63, 3.8) is 0 Å². The summed E-state index contributed by atoms with van der Waals surface area (Å²) in [5, 5.41) is 15.0. The van der Waals surface area contributed by atoms with Crippen LogP contribution in [0.1, 0.15) is 47.7 Å². The van der Waals surface area contributed by atoms with Crippen molar-refractivity contribution in [2.75, 3.05) is 11.4 Å². The van der Waals surface area contributed by atoms with Crippen LogP contribution < -0.4 is 10.2 Å². The number of nitrogens with one attached hydrogen (secondary N) is 1. The number of hydrogen-bond acceptors (Lipinski definition) is 5. The number of unbranched alkanes of at least 4 members (excludes halogenated alkanes) is 1. The average Bonchev–Trinajstić information content (AvgIpc) is 3.41. The average molecular weight is 548 g/mol. The van der Waals surface area contributed by atoms with E-state index in [1.54, 1.807) is 23.5 Å². The maximum atomic E-state index is 12.3. The Bertz CT molecular complexity index is 1370. The Hall–Kier alpha value is -3.68. The van der Waals surface area contributed by atoms with Gasteiger partial charge in [-0.25, -0.2) is 4.98 Å². The fourth-order valence-corrected chi connectivity index (χ4v) is 5.03. The van der Waals surface area contributed by atoms with Crippen LogP contribution in [0.4, 0.5) is 10.8 Å². The minimum absolute atomic E-state index is 0.0942. The second-order valence-corrected chi connectivity index (χ2v) is 10.3. The van der Waals surface area contributed by atoms with Crippen molar-refractivity contribution in [1.82, 2.24) is 10.3 Å². The number of nitrogens with zero attached hydrogens (tertiary/aromatic N) is 2. The number of carboxylic acid groups (broad SMARTS) is 1. The molecule has 0 spiro atoms. The van der Waals surface area contributed by atoms with E-state index in [-0.39, 0.29) is 18.9 Å². The molecule has 0 saturated carbocycles. The molecule has 196 valence electrons. The summed E-state index contributed by atoms with van der Waals surface area (Å²) in [7, 11) is 0. The van der Waals surface area contributed by atoms with Crippen LogP contribution in [-0.2, 0) is 17.8 Å². The van der Waals surface area contributed by atoms with Gasteiger partial charge in [-0.05, 0) is 60.4 Å². The number of anilines is 2. The Labute approximate surface area is 231 Å². The first-order valence-corrected chi connectivity index (χ1v) is 13.9. The van der Waals surface area contributed by atoms with Crippen LogP contribution in [0.2, 0.25) is 5.02 Å². The quantitative estimate of drug-likeness (QED) is 0.194. The van der Waals surface area contributed by atoms with E-state index in [1.807, 2.05) is 41.8 Å². The van der Waals surface area contributed by atoms with E-state index in [1.165, 1.54) is 5.56 Å². The molecule has 4 aromatic rings. The van der Waals surface area contributed by atoms with Crippen LogP contribution in [-0.4, -0.2) is 28.5 Å². The van der Waals surface area contributed by atoms with Gasteiger partial charge in [0.1, 0.15) is 0 Å². The molecule has 0 saturated heterocycles. The number of aliphatic carboxylic acids is 1. The summed E-state index contributed by atoms with van der Waals surface area (Å²) in [6, 6.07) is 23.6. The molecule has 0 aliphatic rings. The van der Waals surface area contributed by atoms with Crippen molar-refractivity contribution in [3.8, 4) is 11.3 Å². The first-order chi connectivity index (χ1) is 18.4. The van der Waals surface area contributed by atoms with Gasteiger partial charge >= 0.3 is 5.97 Å². The Morgan fingerprint density at radius 2 is 1.76 bits per heavy atom. The molecule has 0 aliphatic carbocycles. The summed E-state index contributed by atoms with van der Waals surface area (Å²) < 4.78 is 0. The van der Waals surface area contributed by atoms with Crippen molar-refractivity contribution in [2.24, 2.45) is 0 Å². The number of thiazole rings is 1. The minimum Gasteiger partial charge on any atom is -0.481 e. The van der Waals surface area contributed by atoms with E-state index in [2.05, 4.69) is 41.4 Å². The normalized spacial score (nSPS) is 10.8. The molecule has 0 unspecified atom stereocenters. The molecular weight excluding hydrogens is 518 g/mol. The van der Waals surface area contributed by atoms with Crippen molar-refractivity contribution < 1.29 is 14.7 Å². The smallest absolute Gasteiger partial charge is 0.305 e. The lowest BCUT2D eigenvalue weighted by Gasteiger charge is -2.23. The summed E-state index contributed by atoms with van der Waals surface area (Å²) >= 11 is 7.78. The molecule has 2 N–H and O–H groups in total. The number of carbonyl (C=O) groups excluding carboxylic acids is 1. The molecule has 0 fully saturated rings. The summed E-state index contributed by atoms with van der Waals surface area (Å²) in [5.41, 5.74) is 5.68. The molecule has 0 atom stereocenters. The molecule has 0 radical (unpaired) electrons. The minimum atomic E-state index is -0.945. The number of aromatic nitrogens is 1. The molecule has 1 heterocycles. The maximum absolute atomic E-state index is 12.3. The summed E-state index contributed by atoms with van der Waals surface area (Å²) in [6.45, 7) is 2.86. The number of benzene rings is 3. The molecule has 1 amide bonds. The highest BCUT2D eigenvalue weighted by Crippen LogP contribution is 2.34. The number of hydrogen-bond donors (Lipinski definition) is 2. The fraction of sp³-hybridized carbons (Fsp3) is 0.233. The van der Waals surface area contributed by atoms with E-state index in [9.17, 15) is 9.59 Å². The predicted octanol–water partition coefficient (Wildman–Crippen LogP) is 7.35. The third-order valence-electron chi connectivity index (χ3n) is 6.09. The van der Waals surface area contributed by atoms with Crippen molar-refractivity contribution >= 4 is 45.6 Å². The van der Waals surface area contributed by atoms with Gasteiger partial charge in [0.2, 0.25) is 0 Å². The number of carboxylic acids is 1. The van der Waals surface area contributed by atoms with E-state index in [0.717, 1.165) is 46.9 Å². The topological polar surface area (TPSA) is 82.5 Å². The van der Waals surface area contributed by atoms with E-state index >= 15 is 0 Å². The lowest BCUT2D eigenvalue weighted by molar-refractivity contribution is -0.136. The molecule has 3 aromatic carbocycles. The van der Waals surface area contributed by atoms with Crippen molar-refractivity contribution in [1.29, 1.82) is 0 Å². The Morgan fingerprint density at radius 3 is 2.45 bits per heavy atom. The number of aryl methyl sites for hydroxylation is 1. The van der Waals surface area contributed by atoms with Crippen LogP contribution in [0.25, 0.3) is 11.3 Å². The highest BCUT2D eigenvalue weighted by molar-refractivity contribution is 7.14. The van der Waals surface area contributed by atoms with Gasteiger partial charge in [0.25, 0.3) is 5.91 Å². The number of carbonyl (C=O) groups is 2. The lowest BCUT2D eigenvalue weighted by atomic mass is 10.1. The maximum Gasteiger partial charge on any atom is 0.305 e. The van der Waals surface area contributed by atoms with Gasteiger partial charge in [0.15, 0.2) is 5.13 Å². The van der Waals surface area contributed by atoms with Crippen LogP contribution >= 0.6 is 22.9 Å². The lowest BCUT2D eigenvalue weighted by Crippen LogP contribution is -2.26. The van der Waals surface area contributed by atoms with E-state index < -0.39 is 5.97 Å². The molecule has 0 bridgehead atoms. The van der Waals surface area contributed by atoms with Crippen LogP contribution in [0.15, 0.2) is 78.2 Å². The fourth-order valence-electron chi connectivity index (χ4n) is 3.99. The van der Waals surface area contributed by atoms with Crippen LogP contribution in [0.5, 0.6) is 0 Å². The highest BCUT2D eigenvalue weighted by atomic mass is 35.5. The summed E-state index contributed by atoms with van der Waals surface area (Å²) in [5.74, 6) is -1.23. The molecule has 4 rings (SSSR count). The number of halogens is 1. The third kappa shape index (κ3) is 7.43. The number of amides is 1. The van der Waals surface area contributed by atoms with Gasteiger partial charge in [-0.2, -0.15) is 0 Å². The van der Waals surface area contributed by atoms with Gasteiger partial charge in [-0.3, -0.25) is 9.59 Å². The van der Waals surface area contributed by atoms with Gasteiger partial charge in [0, 0.05) is 33.8 Å². The van der Waals surface area contributed by atoms with Gasteiger partial charge < -0.3 is 15.3 Å². The molecule has 0 aliphatic heterocycles. The first-order valence-electron chi connectivity index (χ1n) is 12.6. The largest absolute Gasteiger partial charge is 0.481 e. The Kier molecular flexibility index (Phi) is 9.51. The van der Waals surface area contributed by atoms with E-state index in [4.69, 9.17) is 21.7 Å². The monoisotopic (exact) mass is 547 g/mol.